The number of thioether (sulfide) groups is 1. The van der Waals surface area contributed by atoms with Crippen LogP contribution >= 0.6 is 11.8 Å². The number of rotatable bonds is 12. The molecule has 0 aromatic heterocycles. The summed E-state index contributed by atoms with van der Waals surface area (Å²) in [6.45, 7) is 4.20. The number of ether oxygens (including phenoxy) is 2. The lowest BCUT2D eigenvalue weighted by Crippen LogP contribution is -2.35. The van der Waals surface area contributed by atoms with Gasteiger partial charge in [-0.25, -0.2) is 4.79 Å². The number of hydrazone groups is 1. The van der Waals surface area contributed by atoms with E-state index in [2.05, 4.69) is 17.0 Å². The van der Waals surface area contributed by atoms with E-state index in [1.165, 1.54) is 66.4 Å². The predicted molar refractivity (Wildman–Crippen MR) is 154 cm³/mol. The largest absolute Gasteiger partial charge is 0.490 e. The zero-order chi connectivity index (χ0) is 28.6. The average molecular weight is 564 g/mol. The van der Waals surface area contributed by atoms with Crippen molar-refractivity contribution < 1.29 is 24.0 Å². The van der Waals surface area contributed by atoms with Crippen molar-refractivity contribution in [3.8, 4) is 11.5 Å². The molecule has 1 N–H and O–H groups in total. The van der Waals surface area contributed by atoms with Crippen molar-refractivity contribution in [2.75, 3.05) is 6.61 Å². The fourth-order valence-electron chi connectivity index (χ4n) is 4.05. The standard InChI is InChI=1S/C28H29N5O6S/c1-3-5-6-7-8-12-24-31-32-25(29)21(26(34)30-28(32)40-24)15-18-13-14-22(23(16-18)38-4-2)39-27(35)19-10-9-11-20(17-19)33(36)37/h9-11,13-17,29H,3-8,12H2,1-2H3/b21-15-,29-25?. The van der Waals surface area contributed by atoms with Gasteiger partial charge in [0.1, 0.15) is 5.04 Å². The molecule has 0 bridgehead atoms. The van der Waals surface area contributed by atoms with Gasteiger partial charge >= 0.3 is 5.97 Å². The van der Waals surface area contributed by atoms with Gasteiger partial charge in [-0.3, -0.25) is 20.3 Å². The maximum absolute atomic E-state index is 12.8. The lowest BCUT2D eigenvalue weighted by atomic mass is 10.1. The second-order valence-electron chi connectivity index (χ2n) is 9.01. The predicted octanol–water partition coefficient (Wildman–Crippen LogP) is 6.19. The SMILES string of the molecule is CCCCCCCC1=NN2C(=N)/C(=C/c3ccc(OC(=O)c4cccc([N+](=O)[O-])c4)c(OCC)c3)C(=O)N=C2S1. The zero-order valence-corrected chi connectivity index (χ0v) is 23.0. The normalized spacial score (nSPS) is 15.6. The van der Waals surface area contributed by atoms with Crippen molar-refractivity contribution in [2.45, 2.75) is 52.4 Å². The maximum atomic E-state index is 12.8. The van der Waals surface area contributed by atoms with Gasteiger partial charge in [0, 0.05) is 12.1 Å². The molecule has 0 saturated carbocycles. The molecule has 2 aromatic rings. The Balaban J connectivity index is 1.51. The van der Waals surface area contributed by atoms with E-state index in [4.69, 9.17) is 14.9 Å². The van der Waals surface area contributed by atoms with Gasteiger partial charge in [0.25, 0.3) is 11.6 Å². The van der Waals surface area contributed by atoms with Crippen LogP contribution < -0.4 is 9.47 Å². The summed E-state index contributed by atoms with van der Waals surface area (Å²) >= 11 is 1.32. The Morgan fingerprint density at radius 3 is 2.67 bits per heavy atom. The third kappa shape index (κ3) is 6.81. The zero-order valence-electron chi connectivity index (χ0n) is 22.2. The Morgan fingerprint density at radius 2 is 1.93 bits per heavy atom. The van der Waals surface area contributed by atoms with E-state index in [9.17, 15) is 19.7 Å². The number of carbonyl (C=O) groups excluding carboxylic acids is 2. The molecule has 2 aliphatic rings. The number of nitrogens with zero attached hydrogens (tertiary/aromatic N) is 4. The fourth-order valence-corrected chi connectivity index (χ4v) is 4.98. The van der Waals surface area contributed by atoms with Gasteiger partial charge in [0.05, 0.1) is 22.7 Å². The molecule has 208 valence electrons. The number of hydrogen-bond donors (Lipinski definition) is 1. The van der Waals surface area contributed by atoms with Gasteiger partial charge < -0.3 is 9.47 Å². The number of aliphatic imine (C=N–C) groups is 1. The minimum absolute atomic E-state index is 0.0159. The first-order valence-corrected chi connectivity index (χ1v) is 13.8. The van der Waals surface area contributed by atoms with Gasteiger partial charge in [-0.05, 0) is 61.4 Å². The van der Waals surface area contributed by atoms with Crippen LogP contribution in [0.15, 0.2) is 58.1 Å². The number of amidine groups is 2. The summed E-state index contributed by atoms with van der Waals surface area (Å²) in [5.41, 5.74) is 0.382. The first-order chi connectivity index (χ1) is 19.3. The van der Waals surface area contributed by atoms with Crippen LogP contribution in [0.2, 0.25) is 0 Å². The molecule has 0 radical (unpaired) electrons. The number of fused-ring (bicyclic) bond motifs is 1. The van der Waals surface area contributed by atoms with Crippen LogP contribution in [-0.4, -0.2) is 44.5 Å². The molecule has 0 spiro atoms. The minimum atomic E-state index is -0.785. The first kappa shape index (κ1) is 28.7. The molecule has 4 rings (SSSR count). The second kappa shape index (κ2) is 13.2. The molecule has 12 heteroatoms. The lowest BCUT2D eigenvalue weighted by Gasteiger charge is -2.20. The number of benzene rings is 2. The van der Waals surface area contributed by atoms with Crippen LogP contribution in [0.4, 0.5) is 5.69 Å². The summed E-state index contributed by atoms with van der Waals surface area (Å²) < 4.78 is 11.1. The summed E-state index contributed by atoms with van der Waals surface area (Å²) in [5.74, 6) is -1.05. The number of non-ortho nitro benzene ring substituents is 1. The number of esters is 1. The van der Waals surface area contributed by atoms with Gasteiger partial charge in [-0.1, -0.05) is 44.7 Å². The molecule has 0 aliphatic carbocycles. The number of unbranched alkanes of at least 4 members (excludes halogenated alkanes) is 4. The molecule has 40 heavy (non-hydrogen) atoms. The van der Waals surface area contributed by atoms with Crippen LogP contribution in [0.5, 0.6) is 11.5 Å². The number of amides is 1. The van der Waals surface area contributed by atoms with Crippen molar-refractivity contribution in [1.82, 2.24) is 5.01 Å². The van der Waals surface area contributed by atoms with E-state index in [0.717, 1.165) is 30.4 Å². The minimum Gasteiger partial charge on any atom is -0.490 e. The van der Waals surface area contributed by atoms with Crippen LogP contribution in [0.3, 0.4) is 0 Å². The Labute approximate surface area is 235 Å². The van der Waals surface area contributed by atoms with Crippen LogP contribution in [-0.2, 0) is 4.79 Å². The van der Waals surface area contributed by atoms with Gasteiger partial charge in [-0.15, -0.1) is 0 Å². The average Bonchev–Trinajstić information content (AvgIpc) is 3.35. The van der Waals surface area contributed by atoms with E-state index >= 15 is 0 Å². The molecule has 2 aliphatic heterocycles. The molecule has 0 saturated heterocycles. The quantitative estimate of drug-likeness (QED) is 0.0802. The summed E-state index contributed by atoms with van der Waals surface area (Å²) in [5, 5.41) is 26.8. The highest BCUT2D eigenvalue weighted by molar-refractivity contribution is 8.26. The van der Waals surface area contributed by atoms with Crippen LogP contribution in [0, 0.1) is 15.5 Å². The molecule has 2 aromatic carbocycles. The molecule has 2 heterocycles. The van der Waals surface area contributed by atoms with Crippen LogP contribution in [0.1, 0.15) is 68.3 Å². The molecule has 1 amide bonds. The summed E-state index contributed by atoms with van der Waals surface area (Å²) in [6, 6.07) is 9.92. The third-order valence-electron chi connectivity index (χ3n) is 6.06. The fraction of sp³-hybridized carbons (Fsp3) is 0.321. The van der Waals surface area contributed by atoms with Gasteiger partial charge in [0.15, 0.2) is 17.3 Å². The Bertz CT molecular complexity index is 1430. The summed E-state index contributed by atoms with van der Waals surface area (Å²) in [7, 11) is 0. The third-order valence-corrected chi connectivity index (χ3v) is 7.03. The highest BCUT2D eigenvalue weighted by Crippen LogP contribution is 2.33. The summed E-state index contributed by atoms with van der Waals surface area (Å²) in [6.07, 6.45) is 7.96. The molecular formula is C28H29N5O6S. The number of nitrogens with one attached hydrogen (secondary N) is 1. The topological polar surface area (TPSA) is 148 Å². The van der Waals surface area contributed by atoms with Crippen molar-refractivity contribution in [3.05, 3.63) is 69.3 Å². The van der Waals surface area contributed by atoms with E-state index in [-0.39, 0.29) is 40.8 Å². The second-order valence-corrected chi connectivity index (χ2v) is 10.1. The van der Waals surface area contributed by atoms with Crippen molar-refractivity contribution >= 4 is 51.4 Å². The first-order valence-electron chi connectivity index (χ1n) is 13.0. The van der Waals surface area contributed by atoms with Gasteiger partial charge in [0.2, 0.25) is 5.17 Å². The smallest absolute Gasteiger partial charge is 0.343 e. The van der Waals surface area contributed by atoms with E-state index in [1.54, 1.807) is 19.1 Å². The lowest BCUT2D eigenvalue weighted by molar-refractivity contribution is -0.384. The Morgan fingerprint density at radius 1 is 1.12 bits per heavy atom. The highest BCUT2D eigenvalue weighted by atomic mass is 32.2. The van der Waals surface area contributed by atoms with E-state index in [1.807, 2.05) is 0 Å². The van der Waals surface area contributed by atoms with Crippen molar-refractivity contribution in [2.24, 2.45) is 10.1 Å². The maximum Gasteiger partial charge on any atom is 0.343 e. The number of nitro benzene ring substituents is 1. The Hall–Kier alpha value is -4.32. The summed E-state index contributed by atoms with van der Waals surface area (Å²) in [4.78, 5) is 40.1. The molecule has 0 atom stereocenters. The van der Waals surface area contributed by atoms with Crippen molar-refractivity contribution in [3.63, 3.8) is 0 Å². The number of carbonyl (C=O) groups is 2. The van der Waals surface area contributed by atoms with Crippen molar-refractivity contribution in [1.29, 1.82) is 5.41 Å². The van der Waals surface area contributed by atoms with E-state index in [0.29, 0.717) is 10.7 Å². The van der Waals surface area contributed by atoms with E-state index < -0.39 is 16.8 Å². The molecule has 0 unspecified atom stereocenters. The number of nitro groups is 1. The Kier molecular flexibility index (Phi) is 9.43. The molecule has 0 fully saturated rings. The van der Waals surface area contributed by atoms with Crippen LogP contribution in [0.25, 0.3) is 6.08 Å². The highest BCUT2D eigenvalue weighted by Gasteiger charge is 2.35. The monoisotopic (exact) mass is 563 g/mol. The van der Waals surface area contributed by atoms with Gasteiger partial charge in [-0.2, -0.15) is 15.1 Å². The molecular weight excluding hydrogens is 534 g/mol. The molecule has 11 nitrogen and oxygen atoms in total. The number of hydrogen-bond acceptors (Lipinski definition) is 9.